The highest BCUT2D eigenvalue weighted by Crippen LogP contribution is 2.26. The molecule has 3 nitrogen and oxygen atoms in total. The molecule has 1 rings (SSSR count). The van der Waals surface area contributed by atoms with Gasteiger partial charge in [0.05, 0.1) is 18.2 Å². The number of hydrogen-bond acceptors (Lipinski definition) is 3. The molecule has 0 aliphatic rings. The minimum atomic E-state index is -0.636. The second-order valence-electron chi connectivity index (χ2n) is 2.50. The van der Waals surface area contributed by atoms with E-state index in [4.69, 9.17) is 27.3 Å². The maximum Gasteiger partial charge on any atom is 0.137 e. The molecule has 0 fully saturated rings. The Bertz CT molecular complexity index is 346. The Morgan fingerprint density at radius 3 is 2.77 bits per heavy atom. The van der Waals surface area contributed by atoms with Crippen LogP contribution in [0.25, 0.3) is 0 Å². The van der Waals surface area contributed by atoms with Crippen LogP contribution in [0.4, 0.5) is 0 Å². The van der Waals surface area contributed by atoms with Crippen LogP contribution in [0.1, 0.15) is 11.6 Å². The molecule has 0 aliphatic heterocycles. The minimum absolute atomic E-state index is 0.464. The molecule has 1 aromatic rings. The lowest BCUT2D eigenvalue weighted by Crippen LogP contribution is -2.06. The largest absolute Gasteiger partial charge is 0.495 e. The molecule has 1 unspecified atom stereocenters. The second-order valence-corrected chi connectivity index (χ2v) is 2.91. The van der Waals surface area contributed by atoms with Crippen LogP contribution in [0.5, 0.6) is 5.75 Å². The maximum atomic E-state index is 8.56. The molecule has 0 heterocycles. The van der Waals surface area contributed by atoms with Gasteiger partial charge in [-0.2, -0.15) is 5.26 Å². The van der Waals surface area contributed by atoms with Gasteiger partial charge in [-0.3, -0.25) is 0 Å². The topological polar surface area (TPSA) is 59.0 Å². The van der Waals surface area contributed by atoms with Crippen LogP contribution >= 0.6 is 11.6 Å². The van der Waals surface area contributed by atoms with Crippen molar-refractivity contribution in [3.8, 4) is 11.8 Å². The van der Waals surface area contributed by atoms with E-state index in [1.165, 1.54) is 7.11 Å². The van der Waals surface area contributed by atoms with Crippen molar-refractivity contribution in [3.05, 3.63) is 28.8 Å². The SMILES string of the molecule is COc1ccc(C(N)C#N)cc1Cl. The fraction of sp³-hybridized carbons (Fsp3) is 0.222. The molecule has 1 atom stereocenters. The Balaban J connectivity index is 3.04. The van der Waals surface area contributed by atoms with Crippen LogP contribution in [0.2, 0.25) is 5.02 Å². The quantitative estimate of drug-likeness (QED) is 0.786. The average molecular weight is 197 g/mol. The molecule has 4 heteroatoms. The molecule has 0 saturated carbocycles. The van der Waals surface area contributed by atoms with Gasteiger partial charge in [-0.25, -0.2) is 0 Å². The molecule has 0 amide bonds. The lowest BCUT2D eigenvalue weighted by molar-refractivity contribution is 0.415. The molecule has 0 aliphatic carbocycles. The van der Waals surface area contributed by atoms with Gasteiger partial charge in [0, 0.05) is 0 Å². The van der Waals surface area contributed by atoms with Crippen molar-refractivity contribution in [1.82, 2.24) is 0 Å². The predicted octanol–water partition coefficient (Wildman–Crippen LogP) is 1.87. The average Bonchev–Trinajstić information content (AvgIpc) is 2.16. The summed E-state index contributed by atoms with van der Waals surface area (Å²) < 4.78 is 4.96. The van der Waals surface area contributed by atoms with Crippen LogP contribution in [0.15, 0.2) is 18.2 Å². The van der Waals surface area contributed by atoms with Crippen molar-refractivity contribution >= 4 is 11.6 Å². The first-order valence-corrected chi connectivity index (χ1v) is 4.05. The van der Waals surface area contributed by atoms with E-state index in [2.05, 4.69) is 0 Å². The molecule has 0 aromatic heterocycles. The number of halogens is 1. The van der Waals surface area contributed by atoms with E-state index in [0.29, 0.717) is 16.3 Å². The highest BCUT2D eigenvalue weighted by Gasteiger charge is 2.07. The lowest BCUT2D eigenvalue weighted by atomic mass is 10.1. The lowest BCUT2D eigenvalue weighted by Gasteiger charge is -2.06. The summed E-state index contributed by atoms with van der Waals surface area (Å²) in [6, 6.07) is 6.33. The van der Waals surface area contributed by atoms with Crippen LogP contribution in [0, 0.1) is 11.3 Å². The summed E-state index contributed by atoms with van der Waals surface area (Å²) >= 11 is 5.84. The molecular formula is C9H9ClN2O. The van der Waals surface area contributed by atoms with E-state index in [1.807, 2.05) is 6.07 Å². The fourth-order valence-corrected chi connectivity index (χ4v) is 1.22. The zero-order valence-corrected chi connectivity index (χ0v) is 7.88. The number of benzene rings is 1. The Morgan fingerprint density at radius 2 is 2.31 bits per heavy atom. The molecule has 1 aromatic carbocycles. The third-order valence-corrected chi connectivity index (χ3v) is 1.97. The van der Waals surface area contributed by atoms with Gasteiger partial charge in [0.1, 0.15) is 11.8 Å². The molecule has 0 bridgehead atoms. The number of ether oxygens (including phenoxy) is 1. The zero-order valence-electron chi connectivity index (χ0n) is 7.12. The summed E-state index contributed by atoms with van der Waals surface area (Å²) in [5.74, 6) is 0.579. The summed E-state index contributed by atoms with van der Waals surface area (Å²) in [6.07, 6.45) is 0. The first-order valence-electron chi connectivity index (χ1n) is 3.67. The van der Waals surface area contributed by atoms with Gasteiger partial charge < -0.3 is 10.5 Å². The Kier molecular flexibility index (Phi) is 3.13. The summed E-state index contributed by atoms with van der Waals surface area (Å²) in [4.78, 5) is 0. The van der Waals surface area contributed by atoms with E-state index in [-0.39, 0.29) is 0 Å². The first kappa shape index (κ1) is 9.85. The van der Waals surface area contributed by atoms with Gasteiger partial charge in [0.25, 0.3) is 0 Å². The highest BCUT2D eigenvalue weighted by atomic mass is 35.5. The van der Waals surface area contributed by atoms with Gasteiger partial charge in [0.15, 0.2) is 0 Å². The van der Waals surface area contributed by atoms with Gasteiger partial charge >= 0.3 is 0 Å². The van der Waals surface area contributed by atoms with Crippen LogP contribution in [-0.2, 0) is 0 Å². The van der Waals surface area contributed by atoms with Crippen LogP contribution in [-0.4, -0.2) is 7.11 Å². The Labute approximate surface area is 81.7 Å². The standard InChI is InChI=1S/C9H9ClN2O/c1-13-9-3-2-6(4-7(9)10)8(12)5-11/h2-4,8H,12H2,1H3. The first-order chi connectivity index (χ1) is 6.19. The number of hydrogen-bond donors (Lipinski definition) is 1. The molecule has 13 heavy (non-hydrogen) atoms. The fourth-order valence-electron chi connectivity index (χ4n) is 0.951. The monoisotopic (exact) mass is 196 g/mol. The molecular weight excluding hydrogens is 188 g/mol. The van der Waals surface area contributed by atoms with Crippen molar-refractivity contribution in [2.24, 2.45) is 5.73 Å². The van der Waals surface area contributed by atoms with E-state index in [0.717, 1.165) is 0 Å². The van der Waals surface area contributed by atoms with Crippen molar-refractivity contribution in [3.63, 3.8) is 0 Å². The number of rotatable bonds is 2. The second kappa shape index (κ2) is 4.13. The van der Waals surface area contributed by atoms with E-state index in [1.54, 1.807) is 18.2 Å². The highest BCUT2D eigenvalue weighted by molar-refractivity contribution is 6.32. The van der Waals surface area contributed by atoms with Crippen molar-refractivity contribution in [1.29, 1.82) is 5.26 Å². The molecule has 0 spiro atoms. The number of nitrogens with two attached hydrogens (primary N) is 1. The van der Waals surface area contributed by atoms with E-state index >= 15 is 0 Å². The zero-order chi connectivity index (χ0) is 9.84. The van der Waals surface area contributed by atoms with Gasteiger partial charge in [-0.05, 0) is 17.7 Å². The number of nitriles is 1. The summed E-state index contributed by atoms with van der Waals surface area (Å²) in [5.41, 5.74) is 6.18. The van der Waals surface area contributed by atoms with Gasteiger partial charge in [-0.15, -0.1) is 0 Å². The Morgan fingerprint density at radius 1 is 1.62 bits per heavy atom. The van der Waals surface area contributed by atoms with Crippen molar-refractivity contribution < 1.29 is 4.74 Å². The summed E-state index contributed by atoms with van der Waals surface area (Å²) in [6.45, 7) is 0. The Hall–Kier alpha value is -1.24. The predicted molar refractivity (Wildman–Crippen MR) is 50.5 cm³/mol. The number of methoxy groups -OCH3 is 1. The molecule has 2 N–H and O–H groups in total. The van der Waals surface area contributed by atoms with Crippen molar-refractivity contribution in [2.45, 2.75) is 6.04 Å². The third-order valence-electron chi connectivity index (χ3n) is 1.67. The van der Waals surface area contributed by atoms with Crippen molar-refractivity contribution in [2.75, 3.05) is 7.11 Å². The van der Waals surface area contributed by atoms with Gasteiger partial charge in [0.2, 0.25) is 0 Å². The number of nitrogens with zero attached hydrogens (tertiary/aromatic N) is 1. The molecule has 68 valence electrons. The smallest absolute Gasteiger partial charge is 0.137 e. The summed E-state index contributed by atoms with van der Waals surface area (Å²) in [5, 5.41) is 9.02. The maximum absolute atomic E-state index is 8.56. The molecule has 0 saturated heterocycles. The van der Waals surface area contributed by atoms with Gasteiger partial charge in [-0.1, -0.05) is 17.7 Å². The third kappa shape index (κ3) is 2.11. The normalized spacial score (nSPS) is 11.8. The summed E-state index contributed by atoms with van der Waals surface area (Å²) in [7, 11) is 1.53. The van der Waals surface area contributed by atoms with E-state index < -0.39 is 6.04 Å². The minimum Gasteiger partial charge on any atom is -0.495 e. The van der Waals surface area contributed by atoms with Crippen LogP contribution < -0.4 is 10.5 Å². The molecule has 0 radical (unpaired) electrons. The van der Waals surface area contributed by atoms with E-state index in [9.17, 15) is 0 Å². The van der Waals surface area contributed by atoms with Crippen LogP contribution in [0.3, 0.4) is 0 Å².